The van der Waals surface area contributed by atoms with Crippen molar-refractivity contribution in [3.63, 3.8) is 0 Å². The summed E-state index contributed by atoms with van der Waals surface area (Å²) < 4.78 is 15.5. The van der Waals surface area contributed by atoms with E-state index in [1.807, 2.05) is 30.3 Å². The zero-order valence-electron chi connectivity index (χ0n) is 6.57. The highest BCUT2D eigenvalue weighted by molar-refractivity contribution is 7.77. The molecular weight excluding hydrogens is 173 g/mol. The fraction of sp³-hybridized carbons (Fsp3) is 0.333. The molecule has 0 spiro atoms. The number of thiol groups is 1. The first kappa shape index (κ1) is 8.08. The minimum absolute atomic E-state index is 0.389. The predicted molar refractivity (Wildman–Crippen MR) is 49.8 cm³/mol. The van der Waals surface area contributed by atoms with Crippen molar-refractivity contribution in [1.29, 1.82) is 0 Å². The van der Waals surface area contributed by atoms with Crippen LogP contribution in [0.4, 0.5) is 4.39 Å². The van der Waals surface area contributed by atoms with Gasteiger partial charge in [0.25, 0.3) is 0 Å². The van der Waals surface area contributed by atoms with Gasteiger partial charge >= 0.3 is 0 Å². The van der Waals surface area contributed by atoms with E-state index >= 15 is 0 Å². The normalized spacial score (nSPS) is 21.8. The van der Waals surface area contributed by atoms with Gasteiger partial charge in [0.15, 0.2) is 5.67 Å². The summed E-state index contributed by atoms with van der Waals surface area (Å²) in [4.78, 5) is 0. The average Bonchev–Trinajstić information content (AvgIpc) is 2.04. The Bertz CT molecular complexity index is 269. The van der Waals surface area contributed by atoms with Crippen molar-refractivity contribution < 1.29 is 4.39 Å². The van der Waals surface area contributed by atoms with Crippen molar-refractivity contribution in [3.8, 4) is 0 Å². The van der Waals surface area contributed by atoms with Gasteiger partial charge in [0.1, 0.15) is 0 Å². The lowest BCUT2D eigenvalue weighted by Crippen LogP contribution is -2.51. The van der Waals surface area contributed by atoms with Gasteiger partial charge in [0, 0.05) is 13.1 Å². The second-order valence-corrected chi connectivity index (χ2v) is 3.72. The van der Waals surface area contributed by atoms with Gasteiger partial charge in [-0.25, -0.2) is 8.70 Å². The summed E-state index contributed by atoms with van der Waals surface area (Å²) in [6, 6.07) is 9.25. The first-order chi connectivity index (χ1) is 5.71. The highest BCUT2D eigenvalue weighted by Gasteiger charge is 2.43. The second kappa shape index (κ2) is 2.75. The predicted octanol–water partition coefficient (Wildman–Crippen LogP) is 2.01. The van der Waals surface area contributed by atoms with Crippen LogP contribution in [0.15, 0.2) is 30.3 Å². The van der Waals surface area contributed by atoms with Gasteiger partial charge in [0.2, 0.25) is 0 Å². The van der Waals surface area contributed by atoms with Crippen molar-refractivity contribution in [2.24, 2.45) is 0 Å². The zero-order chi connectivity index (χ0) is 8.60. The molecule has 1 fully saturated rings. The first-order valence-corrected chi connectivity index (χ1v) is 4.29. The Labute approximate surface area is 76.7 Å². The third-order valence-electron chi connectivity index (χ3n) is 2.16. The van der Waals surface area contributed by atoms with Crippen LogP contribution in [-0.4, -0.2) is 17.4 Å². The van der Waals surface area contributed by atoms with E-state index in [1.165, 1.54) is 0 Å². The Kier molecular flexibility index (Phi) is 1.85. The van der Waals surface area contributed by atoms with E-state index in [-0.39, 0.29) is 0 Å². The van der Waals surface area contributed by atoms with Crippen LogP contribution in [0.25, 0.3) is 0 Å². The molecule has 0 unspecified atom stereocenters. The van der Waals surface area contributed by atoms with Crippen molar-refractivity contribution in [1.82, 2.24) is 4.31 Å². The summed E-state index contributed by atoms with van der Waals surface area (Å²) in [6.07, 6.45) is 0. The molecule has 12 heavy (non-hydrogen) atoms. The zero-order valence-corrected chi connectivity index (χ0v) is 7.47. The summed E-state index contributed by atoms with van der Waals surface area (Å²) in [7, 11) is 0. The number of hydrogen-bond donors (Lipinski definition) is 1. The molecule has 0 saturated carbocycles. The molecule has 0 aromatic heterocycles. The molecule has 0 amide bonds. The minimum Gasteiger partial charge on any atom is -0.246 e. The molecule has 1 aliphatic rings. The lowest BCUT2D eigenvalue weighted by atomic mass is 9.90. The van der Waals surface area contributed by atoms with Gasteiger partial charge < -0.3 is 0 Å². The Morgan fingerprint density at radius 3 is 2.33 bits per heavy atom. The van der Waals surface area contributed by atoms with E-state index in [9.17, 15) is 4.39 Å². The highest BCUT2D eigenvalue weighted by atomic mass is 32.1. The molecule has 0 atom stereocenters. The van der Waals surface area contributed by atoms with E-state index in [0.29, 0.717) is 13.1 Å². The number of alkyl halides is 1. The topological polar surface area (TPSA) is 3.24 Å². The van der Waals surface area contributed by atoms with Crippen LogP contribution < -0.4 is 0 Å². The number of rotatable bonds is 1. The highest BCUT2D eigenvalue weighted by Crippen LogP contribution is 2.36. The molecule has 1 aliphatic heterocycles. The maximum Gasteiger partial charge on any atom is 0.163 e. The summed E-state index contributed by atoms with van der Waals surface area (Å²) in [5.74, 6) is 0. The lowest BCUT2D eigenvalue weighted by molar-refractivity contribution is 0.0264. The third kappa shape index (κ3) is 1.23. The first-order valence-electron chi connectivity index (χ1n) is 3.89. The minimum atomic E-state index is -1.16. The smallest absolute Gasteiger partial charge is 0.163 e. The lowest BCUT2D eigenvalue weighted by Gasteiger charge is -2.41. The number of nitrogens with zero attached hydrogens (tertiary/aromatic N) is 1. The summed E-state index contributed by atoms with van der Waals surface area (Å²) >= 11 is 4.04. The van der Waals surface area contributed by atoms with Crippen LogP contribution in [0.1, 0.15) is 5.56 Å². The second-order valence-electron chi connectivity index (χ2n) is 3.15. The Hall–Kier alpha value is -0.540. The molecule has 0 bridgehead atoms. The van der Waals surface area contributed by atoms with E-state index in [0.717, 1.165) is 5.56 Å². The fourth-order valence-corrected chi connectivity index (χ4v) is 1.90. The van der Waals surface area contributed by atoms with Gasteiger partial charge in [-0.1, -0.05) is 43.1 Å². The molecule has 1 nitrogen and oxygen atoms in total. The van der Waals surface area contributed by atoms with E-state index in [2.05, 4.69) is 12.8 Å². The van der Waals surface area contributed by atoms with Gasteiger partial charge in [-0.2, -0.15) is 0 Å². The molecule has 1 aromatic carbocycles. The van der Waals surface area contributed by atoms with Gasteiger partial charge in [-0.3, -0.25) is 0 Å². The van der Waals surface area contributed by atoms with Crippen molar-refractivity contribution >= 4 is 12.8 Å². The maximum atomic E-state index is 13.8. The quantitative estimate of drug-likeness (QED) is 0.652. The number of benzene rings is 1. The SMILES string of the molecule is FC1(c2ccccc2)CN(S)C1. The monoisotopic (exact) mass is 183 g/mol. The number of halogens is 1. The van der Waals surface area contributed by atoms with Crippen molar-refractivity contribution in [2.45, 2.75) is 5.67 Å². The summed E-state index contributed by atoms with van der Waals surface area (Å²) in [5, 5.41) is 0. The molecule has 0 aliphatic carbocycles. The molecule has 1 aromatic rings. The Morgan fingerprint density at radius 1 is 1.25 bits per heavy atom. The van der Waals surface area contributed by atoms with E-state index in [4.69, 9.17) is 0 Å². The van der Waals surface area contributed by atoms with Gasteiger partial charge in [-0.15, -0.1) is 0 Å². The molecule has 2 rings (SSSR count). The number of hydrogen-bond acceptors (Lipinski definition) is 2. The molecule has 0 radical (unpaired) electrons. The third-order valence-corrected chi connectivity index (χ3v) is 2.44. The van der Waals surface area contributed by atoms with Crippen LogP contribution in [-0.2, 0) is 5.67 Å². The summed E-state index contributed by atoms with van der Waals surface area (Å²) in [5.41, 5.74) is -0.404. The maximum absolute atomic E-state index is 13.8. The molecule has 1 heterocycles. The molecule has 0 N–H and O–H groups in total. The van der Waals surface area contributed by atoms with Gasteiger partial charge in [0.05, 0.1) is 0 Å². The van der Waals surface area contributed by atoms with Crippen molar-refractivity contribution in [3.05, 3.63) is 35.9 Å². The standard InChI is InChI=1S/C9H10FNS/c10-9(6-11(12)7-9)8-4-2-1-3-5-8/h1-5,12H,6-7H2. The van der Waals surface area contributed by atoms with Gasteiger partial charge in [-0.05, 0) is 5.56 Å². The molecule has 64 valence electrons. The largest absolute Gasteiger partial charge is 0.246 e. The fourth-order valence-electron chi connectivity index (χ4n) is 1.45. The van der Waals surface area contributed by atoms with E-state index < -0.39 is 5.67 Å². The molecular formula is C9H10FNS. The van der Waals surface area contributed by atoms with Crippen LogP contribution in [0.2, 0.25) is 0 Å². The molecule has 1 saturated heterocycles. The van der Waals surface area contributed by atoms with Crippen LogP contribution in [0.3, 0.4) is 0 Å². The van der Waals surface area contributed by atoms with E-state index in [1.54, 1.807) is 4.31 Å². The van der Waals surface area contributed by atoms with Crippen LogP contribution >= 0.6 is 12.8 Å². The van der Waals surface area contributed by atoms with Crippen LogP contribution in [0, 0.1) is 0 Å². The summed E-state index contributed by atoms with van der Waals surface area (Å²) in [6.45, 7) is 0.778. The Morgan fingerprint density at radius 2 is 1.83 bits per heavy atom. The Balaban J connectivity index is 2.21. The van der Waals surface area contributed by atoms with Crippen molar-refractivity contribution in [2.75, 3.05) is 13.1 Å². The molecule has 3 heteroatoms. The van der Waals surface area contributed by atoms with Crippen LogP contribution in [0.5, 0.6) is 0 Å². The average molecular weight is 183 g/mol.